The summed E-state index contributed by atoms with van der Waals surface area (Å²) in [7, 11) is 0. The van der Waals surface area contributed by atoms with Gasteiger partial charge in [0.15, 0.2) is 0 Å². The van der Waals surface area contributed by atoms with Crippen molar-refractivity contribution in [3.05, 3.63) is 24.8 Å². The molecule has 1 saturated carbocycles. The Kier molecular flexibility index (Phi) is 3.69. The SMILES string of the molecule is C=CCN(C(=O)NC1C=CC(C(=O)O)C1)C1CC1. The van der Waals surface area contributed by atoms with E-state index < -0.39 is 11.9 Å². The standard InChI is InChI=1S/C13H18N2O3/c1-2-7-15(11-5-6-11)13(18)14-10-4-3-9(8-10)12(16)17/h2-4,9-11H,1,5-8H2,(H,14,18)(H,16,17). The summed E-state index contributed by atoms with van der Waals surface area (Å²) in [6.07, 6.45) is 7.63. The van der Waals surface area contributed by atoms with Crippen LogP contribution in [0.1, 0.15) is 19.3 Å². The van der Waals surface area contributed by atoms with Gasteiger partial charge in [-0.3, -0.25) is 4.79 Å². The number of carbonyl (C=O) groups excluding carboxylic acids is 1. The first kappa shape index (κ1) is 12.7. The summed E-state index contributed by atoms with van der Waals surface area (Å²) in [5.41, 5.74) is 0. The third-order valence-corrected chi connectivity index (χ3v) is 3.28. The first-order chi connectivity index (χ1) is 8.61. The first-order valence-electron chi connectivity index (χ1n) is 6.21. The normalized spacial score (nSPS) is 25.8. The number of hydrogen-bond acceptors (Lipinski definition) is 2. The number of carboxylic acids is 1. The van der Waals surface area contributed by atoms with E-state index >= 15 is 0 Å². The van der Waals surface area contributed by atoms with Gasteiger partial charge >= 0.3 is 12.0 Å². The van der Waals surface area contributed by atoms with Gasteiger partial charge in [0.2, 0.25) is 0 Å². The molecule has 2 atom stereocenters. The Morgan fingerprint density at radius 2 is 2.17 bits per heavy atom. The van der Waals surface area contributed by atoms with Crippen LogP contribution >= 0.6 is 0 Å². The van der Waals surface area contributed by atoms with E-state index in [0.29, 0.717) is 19.0 Å². The smallest absolute Gasteiger partial charge is 0.318 e. The summed E-state index contributed by atoms with van der Waals surface area (Å²) in [6, 6.07) is 0.0198. The van der Waals surface area contributed by atoms with Crippen LogP contribution in [0, 0.1) is 5.92 Å². The average molecular weight is 250 g/mol. The predicted octanol–water partition coefficient (Wildman–Crippen LogP) is 1.38. The molecule has 0 heterocycles. The second kappa shape index (κ2) is 5.25. The molecule has 0 aromatic carbocycles. The van der Waals surface area contributed by atoms with Crippen LogP contribution in [0.5, 0.6) is 0 Å². The lowest BCUT2D eigenvalue weighted by molar-refractivity contribution is -0.140. The molecule has 0 aromatic rings. The van der Waals surface area contributed by atoms with Crippen molar-refractivity contribution in [2.24, 2.45) is 5.92 Å². The fourth-order valence-electron chi connectivity index (χ4n) is 2.15. The molecule has 1 fully saturated rings. The maximum atomic E-state index is 12.0. The van der Waals surface area contributed by atoms with Crippen LogP contribution in [-0.2, 0) is 4.79 Å². The molecular formula is C13H18N2O3. The number of carbonyl (C=O) groups is 2. The fourth-order valence-corrected chi connectivity index (χ4v) is 2.15. The van der Waals surface area contributed by atoms with E-state index in [0.717, 1.165) is 12.8 Å². The van der Waals surface area contributed by atoms with Gasteiger partial charge in [-0.2, -0.15) is 0 Å². The van der Waals surface area contributed by atoms with Crippen molar-refractivity contribution in [2.75, 3.05) is 6.54 Å². The van der Waals surface area contributed by atoms with E-state index in [9.17, 15) is 9.59 Å². The summed E-state index contributed by atoms with van der Waals surface area (Å²) in [6.45, 7) is 4.18. The van der Waals surface area contributed by atoms with Gasteiger partial charge in [0, 0.05) is 12.6 Å². The Balaban J connectivity index is 1.85. The number of carboxylic acid groups (broad SMARTS) is 1. The third-order valence-electron chi connectivity index (χ3n) is 3.28. The summed E-state index contributed by atoms with van der Waals surface area (Å²) < 4.78 is 0. The van der Waals surface area contributed by atoms with E-state index in [2.05, 4.69) is 11.9 Å². The highest BCUT2D eigenvalue weighted by Crippen LogP contribution is 2.27. The Labute approximate surface area is 106 Å². The molecule has 2 unspecified atom stereocenters. The van der Waals surface area contributed by atoms with Gasteiger partial charge in [0.25, 0.3) is 0 Å². The lowest BCUT2D eigenvalue weighted by Gasteiger charge is -2.23. The second-order valence-corrected chi connectivity index (χ2v) is 4.79. The minimum Gasteiger partial charge on any atom is -0.481 e. The zero-order valence-electron chi connectivity index (χ0n) is 10.2. The Bertz CT molecular complexity index is 388. The molecule has 98 valence electrons. The predicted molar refractivity (Wildman–Crippen MR) is 67.1 cm³/mol. The number of aliphatic carboxylic acids is 1. The number of amides is 2. The van der Waals surface area contributed by atoms with Crippen molar-refractivity contribution < 1.29 is 14.7 Å². The topological polar surface area (TPSA) is 69.6 Å². The molecule has 2 amide bonds. The van der Waals surface area contributed by atoms with Crippen molar-refractivity contribution in [2.45, 2.75) is 31.3 Å². The van der Waals surface area contributed by atoms with Gasteiger partial charge < -0.3 is 15.3 Å². The van der Waals surface area contributed by atoms with Crippen molar-refractivity contribution in [3.63, 3.8) is 0 Å². The molecule has 0 aliphatic heterocycles. The molecule has 2 aliphatic carbocycles. The van der Waals surface area contributed by atoms with Crippen LogP contribution in [0.2, 0.25) is 0 Å². The van der Waals surface area contributed by atoms with Crippen molar-refractivity contribution in [1.82, 2.24) is 10.2 Å². The molecule has 5 heteroatoms. The minimum atomic E-state index is -0.840. The zero-order chi connectivity index (χ0) is 13.1. The molecule has 5 nitrogen and oxygen atoms in total. The van der Waals surface area contributed by atoms with Crippen LogP contribution in [-0.4, -0.2) is 40.6 Å². The van der Waals surface area contributed by atoms with Gasteiger partial charge in [-0.15, -0.1) is 6.58 Å². The van der Waals surface area contributed by atoms with Crippen LogP contribution in [0.15, 0.2) is 24.8 Å². The summed E-state index contributed by atoms with van der Waals surface area (Å²) in [4.78, 5) is 24.6. The molecule has 2 rings (SSSR count). The van der Waals surface area contributed by atoms with Gasteiger partial charge in [-0.25, -0.2) is 4.79 Å². The van der Waals surface area contributed by atoms with Gasteiger partial charge in [0.05, 0.1) is 12.0 Å². The van der Waals surface area contributed by atoms with E-state index in [1.165, 1.54) is 0 Å². The molecule has 0 radical (unpaired) electrons. The monoisotopic (exact) mass is 250 g/mol. The van der Waals surface area contributed by atoms with Gasteiger partial charge in [0.1, 0.15) is 0 Å². The van der Waals surface area contributed by atoms with Crippen LogP contribution < -0.4 is 5.32 Å². The molecule has 0 saturated heterocycles. The van der Waals surface area contributed by atoms with Crippen LogP contribution in [0.3, 0.4) is 0 Å². The Morgan fingerprint density at radius 1 is 1.44 bits per heavy atom. The maximum Gasteiger partial charge on any atom is 0.318 e. The highest BCUT2D eigenvalue weighted by atomic mass is 16.4. The molecule has 2 aliphatic rings. The Morgan fingerprint density at radius 3 is 2.67 bits per heavy atom. The lowest BCUT2D eigenvalue weighted by Crippen LogP contribution is -2.45. The molecule has 0 bridgehead atoms. The van der Waals surface area contributed by atoms with Gasteiger partial charge in [-0.1, -0.05) is 18.2 Å². The number of urea groups is 1. The lowest BCUT2D eigenvalue weighted by atomic mass is 10.1. The zero-order valence-corrected chi connectivity index (χ0v) is 10.2. The highest BCUT2D eigenvalue weighted by Gasteiger charge is 2.33. The van der Waals surface area contributed by atoms with Crippen molar-refractivity contribution in [3.8, 4) is 0 Å². The Hall–Kier alpha value is -1.78. The van der Waals surface area contributed by atoms with Gasteiger partial charge in [-0.05, 0) is 19.3 Å². The number of nitrogens with one attached hydrogen (secondary N) is 1. The highest BCUT2D eigenvalue weighted by molar-refractivity contribution is 5.77. The minimum absolute atomic E-state index is 0.127. The quantitative estimate of drug-likeness (QED) is 0.724. The second-order valence-electron chi connectivity index (χ2n) is 4.79. The van der Waals surface area contributed by atoms with E-state index in [4.69, 9.17) is 5.11 Å². The van der Waals surface area contributed by atoms with Crippen molar-refractivity contribution >= 4 is 12.0 Å². The van der Waals surface area contributed by atoms with Crippen LogP contribution in [0.4, 0.5) is 4.79 Å². The largest absolute Gasteiger partial charge is 0.481 e. The molecular weight excluding hydrogens is 232 g/mol. The fraction of sp³-hybridized carbons (Fsp3) is 0.538. The molecule has 18 heavy (non-hydrogen) atoms. The third kappa shape index (κ3) is 2.91. The van der Waals surface area contributed by atoms with Crippen molar-refractivity contribution in [1.29, 1.82) is 0 Å². The molecule has 0 aromatic heterocycles. The van der Waals surface area contributed by atoms with E-state index in [-0.39, 0.29) is 12.1 Å². The van der Waals surface area contributed by atoms with E-state index in [1.807, 2.05) is 0 Å². The first-order valence-corrected chi connectivity index (χ1v) is 6.21. The maximum absolute atomic E-state index is 12.0. The molecule has 2 N–H and O–H groups in total. The number of nitrogens with zero attached hydrogens (tertiary/aromatic N) is 1. The van der Waals surface area contributed by atoms with Crippen LogP contribution in [0.25, 0.3) is 0 Å². The average Bonchev–Trinajstić information content (AvgIpc) is 3.05. The summed E-state index contributed by atoms with van der Waals surface area (Å²) >= 11 is 0. The number of rotatable bonds is 5. The summed E-state index contributed by atoms with van der Waals surface area (Å²) in [5.74, 6) is -1.32. The van der Waals surface area contributed by atoms with E-state index in [1.54, 1.807) is 23.1 Å². The number of hydrogen-bond donors (Lipinski definition) is 2. The molecule has 0 spiro atoms. The summed E-state index contributed by atoms with van der Waals surface area (Å²) in [5, 5.41) is 11.7.